The normalized spacial score (nSPS) is 22.9. The third-order valence-corrected chi connectivity index (χ3v) is 3.45. The lowest BCUT2D eigenvalue weighted by Crippen LogP contribution is -2.34. The van der Waals surface area contributed by atoms with Gasteiger partial charge in [0.15, 0.2) is 0 Å². The maximum Gasteiger partial charge on any atom is 0.223 e. The van der Waals surface area contributed by atoms with Gasteiger partial charge in [0.1, 0.15) is 11.6 Å². The Hall–Kier alpha value is -1.49. The molecule has 0 radical (unpaired) electrons. The van der Waals surface area contributed by atoms with Gasteiger partial charge in [-0.3, -0.25) is 4.79 Å². The molecule has 3 nitrogen and oxygen atoms in total. The second-order valence-corrected chi connectivity index (χ2v) is 5.01. The zero-order valence-corrected chi connectivity index (χ0v) is 10.7. The number of nitrogens with one attached hydrogen (secondary N) is 1. The number of halogens is 2. The highest BCUT2D eigenvalue weighted by Crippen LogP contribution is 2.49. The van der Waals surface area contributed by atoms with Crippen LogP contribution in [0.25, 0.3) is 0 Å². The molecular formula is C14H17F2NO2. The van der Waals surface area contributed by atoms with E-state index in [9.17, 15) is 13.6 Å². The standard InChI is InChI=1S/C14H17F2NO2/c1-8(5-6-18)17-14(19)10-7-9(10)13-11(15)3-2-4-12(13)16/h2-4,8-10,18H,5-7H2,1H3,(H,17,19). The Kier molecular flexibility index (Phi) is 4.14. The number of rotatable bonds is 5. The highest BCUT2D eigenvalue weighted by atomic mass is 19.1. The second kappa shape index (κ2) is 5.65. The second-order valence-electron chi connectivity index (χ2n) is 5.01. The fraction of sp³-hybridized carbons (Fsp3) is 0.500. The SMILES string of the molecule is CC(CCO)NC(=O)C1CC1c1c(F)cccc1F. The topological polar surface area (TPSA) is 49.3 Å². The summed E-state index contributed by atoms with van der Waals surface area (Å²) >= 11 is 0. The summed E-state index contributed by atoms with van der Waals surface area (Å²) in [4.78, 5) is 11.9. The molecule has 19 heavy (non-hydrogen) atoms. The lowest BCUT2D eigenvalue weighted by Gasteiger charge is -2.12. The molecule has 1 aliphatic carbocycles. The Morgan fingerprint density at radius 2 is 2.11 bits per heavy atom. The molecule has 1 aromatic carbocycles. The van der Waals surface area contributed by atoms with Crippen molar-refractivity contribution in [2.45, 2.75) is 31.7 Å². The molecule has 104 valence electrons. The number of hydrogen-bond acceptors (Lipinski definition) is 2. The first kappa shape index (κ1) is 13.9. The molecule has 3 unspecified atom stereocenters. The minimum absolute atomic E-state index is 0.00250. The van der Waals surface area contributed by atoms with E-state index in [1.807, 2.05) is 0 Å². The largest absolute Gasteiger partial charge is 0.396 e. The molecular weight excluding hydrogens is 252 g/mol. The van der Waals surface area contributed by atoms with Crippen molar-refractivity contribution < 1.29 is 18.7 Å². The Balaban J connectivity index is 1.99. The van der Waals surface area contributed by atoms with Crippen LogP contribution in [0.2, 0.25) is 0 Å². The van der Waals surface area contributed by atoms with Crippen molar-refractivity contribution in [2.75, 3.05) is 6.61 Å². The summed E-state index contributed by atoms with van der Waals surface area (Å²) in [5.74, 6) is -2.13. The fourth-order valence-corrected chi connectivity index (χ4v) is 2.28. The van der Waals surface area contributed by atoms with Gasteiger partial charge in [-0.2, -0.15) is 0 Å². The van der Waals surface area contributed by atoms with Gasteiger partial charge in [-0.05, 0) is 31.9 Å². The number of hydrogen-bond donors (Lipinski definition) is 2. The van der Waals surface area contributed by atoms with Gasteiger partial charge in [0.25, 0.3) is 0 Å². The summed E-state index contributed by atoms with van der Waals surface area (Å²) in [6.45, 7) is 1.78. The molecule has 0 aliphatic heterocycles. The van der Waals surface area contributed by atoms with E-state index in [1.54, 1.807) is 6.92 Å². The summed E-state index contributed by atoms with van der Waals surface area (Å²) in [6.07, 6.45) is 0.937. The van der Waals surface area contributed by atoms with E-state index in [0.29, 0.717) is 12.8 Å². The monoisotopic (exact) mass is 269 g/mol. The first-order chi connectivity index (χ1) is 9.04. The molecule has 1 fully saturated rings. The molecule has 2 N–H and O–H groups in total. The first-order valence-corrected chi connectivity index (χ1v) is 6.39. The van der Waals surface area contributed by atoms with Crippen molar-refractivity contribution in [1.29, 1.82) is 0 Å². The Labute approximate surface area is 110 Å². The lowest BCUT2D eigenvalue weighted by molar-refractivity contribution is -0.123. The third kappa shape index (κ3) is 3.10. The number of carbonyl (C=O) groups excluding carboxylic acids is 1. The molecule has 0 bridgehead atoms. The quantitative estimate of drug-likeness (QED) is 0.858. The van der Waals surface area contributed by atoms with Crippen LogP contribution < -0.4 is 5.32 Å². The van der Waals surface area contributed by atoms with Crippen LogP contribution in [0.3, 0.4) is 0 Å². The highest BCUT2D eigenvalue weighted by molar-refractivity contribution is 5.83. The van der Waals surface area contributed by atoms with Gasteiger partial charge in [-0.15, -0.1) is 0 Å². The highest BCUT2D eigenvalue weighted by Gasteiger charge is 2.46. The van der Waals surface area contributed by atoms with E-state index < -0.39 is 11.6 Å². The van der Waals surface area contributed by atoms with E-state index in [1.165, 1.54) is 18.2 Å². The van der Waals surface area contributed by atoms with Crippen molar-refractivity contribution in [1.82, 2.24) is 5.32 Å². The molecule has 0 spiro atoms. The number of aliphatic hydroxyl groups is 1. The van der Waals surface area contributed by atoms with Gasteiger partial charge in [-0.1, -0.05) is 6.07 Å². The average molecular weight is 269 g/mol. The Morgan fingerprint density at radius 1 is 1.47 bits per heavy atom. The van der Waals surface area contributed by atoms with Gasteiger partial charge in [0.2, 0.25) is 5.91 Å². The zero-order valence-electron chi connectivity index (χ0n) is 10.7. The zero-order chi connectivity index (χ0) is 14.0. The lowest BCUT2D eigenvalue weighted by atomic mass is 10.1. The number of carbonyl (C=O) groups is 1. The van der Waals surface area contributed by atoms with E-state index in [2.05, 4.69) is 5.32 Å². The molecule has 5 heteroatoms. The molecule has 1 saturated carbocycles. The van der Waals surface area contributed by atoms with Crippen LogP contribution >= 0.6 is 0 Å². The van der Waals surface area contributed by atoms with E-state index >= 15 is 0 Å². The molecule has 1 aliphatic rings. The van der Waals surface area contributed by atoms with Crippen molar-refractivity contribution in [3.8, 4) is 0 Å². The maximum atomic E-state index is 13.6. The summed E-state index contributed by atoms with van der Waals surface area (Å²) in [5, 5.41) is 11.5. The van der Waals surface area contributed by atoms with Crippen LogP contribution in [0.5, 0.6) is 0 Å². The smallest absolute Gasteiger partial charge is 0.223 e. The van der Waals surface area contributed by atoms with Crippen LogP contribution in [0.4, 0.5) is 8.78 Å². The van der Waals surface area contributed by atoms with Gasteiger partial charge in [0, 0.05) is 30.0 Å². The Bertz CT molecular complexity index is 458. The molecule has 0 heterocycles. The maximum absolute atomic E-state index is 13.6. The molecule has 0 aromatic heterocycles. The predicted molar refractivity (Wildman–Crippen MR) is 66.5 cm³/mol. The number of benzene rings is 1. The van der Waals surface area contributed by atoms with Gasteiger partial charge in [-0.25, -0.2) is 8.78 Å². The Morgan fingerprint density at radius 3 is 2.68 bits per heavy atom. The summed E-state index contributed by atoms with van der Waals surface area (Å²) in [5.41, 5.74) is 0.0115. The van der Waals surface area contributed by atoms with Crippen molar-refractivity contribution in [2.24, 2.45) is 5.92 Å². The van der Waals surface area contributed by atoms with Crippen molar-refractivity contribution in [3.63, 3.8) is 0 Å². The number of amides is 1. The van der Waals surface area contributed by atoms with Gasteiger partial charge >= 0.3 is 0 Å². The van der Waals surface area contributed by atoms with Crippen molar-refractivity contribution >= 4 is 5.91 Å². The molecule has 2 rings (SSSR count). The molecule has 0 saturated heterocycles. The first-order valence-electron chi connectivity index (χ1n) is 6.39. The van der Waals surface area contributed by atoms with Gasteiger partial charge in [0.05, 0.1) is 0 Å². The van der Waals surface area contributed by atoms with Crippen LogP contribution in [-0.2, 0) is 4.79 Å². The van der Waals surface area contributed by atoms with E-state index in [-0.39, 0.29) is 36.0 Å². The molecule has 3 atom stereocenters. The summed E-state index contributed by atoms with van der Waals surface area (Å²) in [6, 6.07) is 3.60. The fourth-order valence-electron chi connectivity index (χ4n) is 2.28. The van der Waals surface area contributed by atoms with E-state index in [0.717, 1.165) is 0 Å². The van der Waals surface area contributed by atoms with E-state index in [4.69, 9.17) is 5.11 Å². The average Bonchev–Trinajstić information content (AvgIpc) is 3.09. The third-order valence-electron chi connectivity index (χ3n) is 3.45. The predicted octanol–water partition coefficient (Wildman–Crippen LogP) is 1.96. The van der Waals surface area contributed by atoms with Crippen LogP contribution in [-0.4, -0.2) is 23.7 Å². The summed E-state index contributed by atoms with van der Waals surface area (Å²) < 4.78 is 27.1. The minimum atomic E-state index is -0.594. The van der Waals surface area contributed by atoms with Crippen LogP contribution in [0.1, 0.15) is 31.2 Å². The number of aliphatic hydroxyl groups excluding tert-OH is 1. The van der Waals surface area contributed by atoms with Crippen LogP contribution in [0.15, 0.2) is 18.2 Å². The molecule has 1 aromatic rings. The van der Waals surface area contributed by atoms with Gasteiger partial charge < -0.3 is 10.4 Å². The minimum Gasteiger partial charge on any atom is -0.396 e. The van der Waals surface area contributed by atoms with Crippen molar-refractivity contribution in [3.05, 3.63) is 35.4 Å². The molecule has 1 amide bonds. The van der Waals surface area contributed by atoms with Crippen LogP contribution in [0, 0.1) is 17.6 Å². The summed E-state index contributed by atoms with van der Waals surface area (Å²) in [7, 11) is 0.